The Balaban J connectivity index is 1.02. The zero-order valence-electron chi connectivity index (χ0n) is 29.3. The number of hydrogen-bond donors (Lipinski definition) is 4. The summed E-state index contributed by atoms with van der Waals surface area (Å²) in [5, 5.41) is 14.5. The summed E-state index contributed by atoms with van der Waals surface area (Å²) in [5.41, 5.74) is 7.72. The van der Waals surface area contributed by atoms with Gasteiger partial charge >= 0.3 is 12.2 Å². The van der Waals surface area contributed by atoms with Crippen LogP contribution in [0.3, 0.4) is 0 Å². The van der Waals surface area contributed by atoms with E-state index in [-0.39, 0.29) is 23.9 Å². The number of rotatable bonds is 7. The quantitative estimate of drug-likeness (QED) is 0.133. The molecule has 0 saturated carbocycles. The van der Waals surface area contributed by atoms with Crippen LogP contribution in [0, 0.1) is 5.92 Å². The second-order valence-corrected chi connectivity index (χ2v) is 14.2. The van der Waals surface area contributed by atoms with Crippen LogP contribution in [-0.4, -0.2) is 79.2 Å². The van der Waals surface area contributed by atoms with Gasteiger partial charge in [-0.2, -0.15) is 0 Å². The number of H-pyrrole nitrogens is 2. The fourth-order valence-corrected chi connectivity index (χ4v) is 7.81. The fourth-order valence-electron chi connectivity index (χ4n) is 7.81. The molecule has 0 radical (unpaired) electrons. The molecule has 0 spiro atoms. The van der Waals surface area contributed by atoms with Gasteiger partial charge < -0.3 is 30.0 Å². The average molecular weight is 700 g/mol. The number of likely N-dealkylation sites (tertiary alicyclic amines) is 2. The van der Waals surface area contributed by atoms with Crippen LogP contribution in [0.2, 0.25) is 0 Å². The fraction of sp³-hybridized carbons (Fsp3) is 0.325. The summed E-state index contributed by atoms with van der Waals surface area (Å²) < 4.78 is 4.77. The minimum absolute atomic E-state index is 0.101. The first-order chi connectivity index (χ1) is 25.2. The molecule has 2 aliphatic heterocycles. The molecule has 4 aromatic carbocycles. The summed E-state index contributed by atoms with van der Waals surface area (Å²) in [4.78, 5) is 57.1. The number of carbonyl (C=O) groups is 3. The Morgan fingerprint density at radius 1 is 0.750 bits per heavy atom. The number of nitrogens with zero attached hydrogens (tertiary/aromatic N) is 4. The van der Waals surface area contributed by atoms with E-state index in [1.165, 1.54) is 12.0 Å². The highest BCUT2D eigenvalue weighted by molar-refractivity contribution is 5.93. The summed E-state index contributed by atoms with van der Waals surface area (Å²) in [6.45, 7) is 4.95. The Hall–Kier alpha value is -5.91. The van der Waals surface area contributed by atoms with Crippen molar-refractivity contribution in [1.29, 1.82) is 0 Å². The first kappa shape index (κ1) is 33.2. The smallest absolute Gasteiger partial charge is 0.407 e. The Kier molecular flexibility index (Phi) is 8.52. The molecule has 4 N–H and O–H groups in total. The van der Waals surface area contributed by atoms with Crippen LogP contribution in [0.4, 0.5) is 9.59 Å². The molecule has 2 aromatic heterocycles. The third-order valence-corrected chi connectivity index (χ3v) is 10.6. The van der Waals surface area contributed by atoms with Crippen molar-refractivity contribution in [2.24, 2.45) is 5.92 Å². The van der Waals surface area contributed by atoms with Gasteiger partial charge in [-0.05, 0) is 101 Å². The summed E-state index contributed by atoms with van der Waals surface area (Å²) >= 11 is 0. The molecule has 52 heavy (non-hydrogen) atoms. The maximum Gasteiger partial charge on any atom is 0.407 e. The Morgan fingerprint density at radius 3 is 1.73 bits per heavy atom. The number of ether oxygens (including phenoxy) is 1. The largest absolute Gasteiger partial charge is 0.465 e. The van der Waals surface area contributed by atoms with Gasteiger partial charge in [0.2, 0.25) is 5.91 Å². The molecule has 8 rings (SSSR count). The van der Waals surface area contributed by atoms with E-state index in [2.05, 4.69) is 75.9 Å². The van der Waals surface area contributed by atoms with Crippen molar-refractivity contribution >= 4 is 50.9 Å². The van der Waals surface area contributed by atoms with Crippen molar-refractivity contribution < 1.29 is 24.2 Å². The summed E-state index contributed by atoms with van der Waals surface area (Å²) in [6.07, 6.45) is 1.71. The number of hydrogen-bond acceptors (Lipinski definition) is 6. The van der Waals surface area contributed by atoms with Crippen molar-refractivity contribution in [1.82, 2.24) is 35.1 Å². The third kappa shape index (κ3) is 6.07. The molecule has 4 heterocycles. The highest BCUT2D eigenvalue weighted by Crippen LogP contribution is 2.36. The van der Waals surface area contributed by atoms with Gasteiger partial charge in [-0.15, -0.1) is 0 Å². The molecule has 2 saturated heterocycles. The van der Waals surface area contributed by atoms with E-state index < -0.39 is 18.2 Å². The van der Waals surface area contributed by atoms with E-state index >= 15 is 0 Å². The Bertz CT molecular complexity index is 2350. The monoisotopic (exact) mass is 699 g/mol. The number of amides is 3. The van der Waals surface area contributed by atoms with Crippen molar-refractivity contribution in [2.75, 3.05) is 20.2 Å². The van der Waals surface area contributed by atoms with E-state index in [1.807, 2.05) is 30.9 Å². The topological polar surface area (TPSA) is 157 Å². The number of aromatic amines is 2. The van der Waals surface area contributed by atoms with Crippen LogP contribution in [-0.2, 0) is 9.53 Å². The molecular weight excluding hydrogens is 658 g/mol. The van der Waals surface area contributed by atoms with Crippen molar-refractivity contribution in [2.45, 2.75) is 57.7 Å². The number of imidazole rings is 2. The van der Waals surface area contributed by atoms with Gasteiger partial charge in [0.25, 0.3) is 0 Å². The molecule has 6 aromatic rings. The molecule has 3 amide bonds. The van der Waals surface area contributed by atoms with Crippen LogP contribution >= 0.6 is 0 Å². The first-order valence-electron chi connectivity index (χ1n) is 17.9. The zero-order chi connectivity index (χ0) is 36.1. The lowest BCUT2D eigenvalue weighted by molar-refractivity contribution is -0.135. The van der Waals surface area contributed by atoms with E-state index in [0.717, 1.165) is 86.6 Å². The van der Waals surface area contributed by atoms with Gasteiger partial charge in [-0.25, -0.2) is 19.6 Å². The average Bonchev–Trinajstić information content (AvgIpc) is 3.97. The number of carboxylic acid groups (broad SMARTS) is 1. The SMILES string of the molecule is COC(=O)N[C@H](C(=O)N1CCC[C@H]1c1nc2ccc(-c3ccc4cc(-c5ccc6nc([C@@H]7CCCN7C(=O)O)[nH]c6c5)ccc4c3)cc2[nH]1)C(C)C. The molecule has 0 bridgehead atoms. The minimum atomic E-state index is -0.909. The third-order valence-electron chi connectivity index (χ3n) is 10.6. The number of methoxy groups -OCH3 is 1. The highest BCUT2D eigenvalue weighted by atomic mass is 16.5. The second-order valence-electron chi connectivity index (χ2n) is 14.2. The van der Waals surface area contributed by atoms with Crippen LogP contribution in [0.25, 0.3) is 55.1 Å². The van der Waals surface area contributed by atoms with Gasteiger partial charge in [0.1, 0.15) is 17.7 Å². The van der Waals surface area contributed by atoms with Crippen molar-refractivity contribution in [3.8, 4) is 22.3 Å². The van der Waals surface area contributed by atoms with Gasteiger partial charge in [0.05, 0.1) is 41.3 Å². The molecule has 0 aliphatic carbocycles. The minimum Gasteiger partial charge on any atom is -0.465 e. The Labute approximate surface area is 300 Å². The van der Waals surface area contributed by atoms with Crippen molar-refractivity contribution in [3.05, 3.63) is 84.4 Å². The van der Waals surface area contributed by atoms with Gasteiger partial charge in [0.15, 0.2) is 0 Å². The van der Waals surface area contributed by atoms with E-state index in [4.69, 9.17) is 14.7 Å². The molecule has 2 fully saturated rings. The predicted molar refractivity (Wildman–Crippen MR) is 199 cm³/mol. The number of nitrogens with one attached hydrogen (secondary N) is 3. The van der Waals surface area contributed by atoms with Crippen LogP contribution < -0.4 is 5.32 Å². The number of fused-ring (bicyclic) bond motifs is 3. The molecule has 266 valence electrons. The molecule has 12 nitrogen and oxygen atoms in total. The van der Waals surface area contributed by atoms with E-state index in [1.54, 1.807) is 0 Å². The molecule has 3 atom stereocenters. The summed E-state index contributed by atoms with van der Waals surface area (Å²) in [5.74, 6) is 1.21. The van der Waals surface area contributed by atoms with E-state index in [9.17, 15) is 19.5 Å². The number of benzene rings is 4. The summed E-state index contributed by atoms with van der Waals surface area (Å²) in [7, 11) is 1.30. The van der Waals surface area contributed by atoms with Crippen molar-refractivity contribution in [3.63, 3.8) is 0 Å². The number of aromatic nitrogens is 4. The lowest BCUT2D eigenvalue weighted by atomic mass is 9.97. The number of carbonyl (C=O) groups excluding carboxylic acids is 2. The van der Waals surface area contributed by atoms with Gasteiger partial charge in [-0.3, -0.25) is 9.69 Å². The van der Waals surface area contributed by atoms with Crippen LogP contribution in [0.15, 0.2) is 72.8 Å². The molecular formula is C40H41N7O5. The highest BCUT2D eigenvalue weighted by Gasteiger charge is 2.37. The standard InChI is InChI=1S/C40H41N7O5/c1-22(2)35(45-39(49)52-3)38(48)46-16-4-6-33(46)36-41-29-14-12-27(20-31(29)43-36)25-10-8-24-19-26(11-9-23(24)18-25)28-13-15-30-32(21-28)44-37(42-30)34-7-5-17-47(34)40(50)51/h8-15,18-22,33-35H,4-7,16-17H2,1-3H3,(H,41,43)(H,42,44)(H,45,49)(H,50,51)/t33-,34-,35-/m0/s1. The first-order valence-corrected chi connectivity index (χ1v) is 17.9. The van der Waals surface area contributed by atoms with Gasteiger partial charge in [0, 0.05) is 13.1 Å². The molecule has 2 aliphatic rings. The lowest BCUT2D eigenvalue weighted by Gasteiger charge is -2.29. The maximum atomic E-state index is 13.6. The second kappa shape index (κ2) is 13.3. The summed E-state index contributed by atoms with van der Waals surface area (Å²) in [6, 6.07) is 24.1. The Morgan fingerprint density at radius 2 is 1.23 bits per heavy atom. The lowest BCUT2D eigenvalue weighted by Crippen LogP contribution is -2.51. The maximum absolute atomic E-state index is 13.6. The normalized spacial score (nSPS) is 18.2. The van der Waals surface area contributed by atoms with Gasteiger partial charge in [-0.1, -0.05) is 50.2 Å². The number of alkyl carbamates (subject to hydrolysis) is 1. The van der Waals surface area contributed by atoms with E-state index in [0.29, 0.717) is 18.9 Å². The zero-order valence-corrected chi connectivity index (χ0v) is 29.3. The van der Waals surface area contributed by atoms with Crippen LogP contribution in [0.5, 0.6) is 0 Å². The predicted octanol–water partition coefficient (Wildman–Crippen LogP) is 7.79. The molecule has 12 heteroatoms. The molecule has 0 unspecified atom stereocenters. The van der Waals surface area contributed by atoms with Crippen LogP contribution in [0.1, 0.15) is 63.3 Å².